The number of aromatic nitrogens is 1. The minimum absolute atomic E-state index is 0.217. The number of carbonyl (C=O) groups excluding carboxylic acids is 1. The zero-order valence-corrected chi connectivity index (χ0v) is 8.34. The summed E-state index contributed by atoms with van der Waals surface area (Å²) in [5, 5.41) is 0.639. The van der Waals surface area contributed by atoms with E-state index >= 15 is 0 Å². The smallest absolute Gasteiger partial charge is 0.243 e. The van der Waals surface area contributed by atoms with Gasteiger partial charge in [-0.3, -0.25) is 9.47 Å². The lowest BCUT2D eigenvalue weighted by Crippen LogP contribution is -2.14. The van der Waals surface area contributed by atoms with Crippen molar-refractivity contribution in [2.24, 2.45) is 4.99 Å². The normalized spacial score (nSPS) is 11.7. The molecule has 1 aromatic rings. The first kappa shape index (κ1) is 9.85. The number of nitrogens with two attached hydrogens (primary N) is 1. The van der Waals surface area contributed by atoms with E-state index in [1.807, 2.05) is 12.3 Å². The Morgan fingerprint density at radius 3 is 2.77 bits per heavy atom. The Morgan fingerprint density at radius 1 is 1.69 bits per heavy atom. The Kier molecular flexibility index (Phi) is 3.13. The van der Waals surface area contributed by atoms with Gasteiger partial charge in [0.05, 0.1) is 5.69 Å². The van der Waals surface area contributed by atoms with E-state index in [1.54, 1.807) is 12.3 Å². The highest BCUT2D eigenvalue weighted by molar-refractivity contribution is 8.13. The molecular weight excluding hydrogens is 186 g/mol. The topological polar surface area (TPSA) is 60.4 Å². The molecule has 0 radical (unpaired) electrons. The van der Waals surface area contributed by atoms with Gasteiger partial charge in [-0.1, -0.05) is 0 Å². The van der Waals surface area contributed by atoms with Gasteiger partial charge in [0.1, 0.15) is 5.04 Å². The second-order valence-electron chi connectivity index (χ2n) is 2.44. The highest BCUT2D eigenvalue weighted by atomic mass is 32.2. The molecule has 1 heterocycles. The Hall–Kier alpha value is -1.23. The number of hydrogen-bond acceptors (Lipinski definition) is 3. The fourth-order valence-electron chi connectivity index (χ4n) is 0.925. The van der Waals surface area contributed by atoms with Crippen molar-refractivity contribution in [1.29, 1.82) is 0 Å². The minimum atomic E-state index is -0.217. The van der Waals surface area contributed by atoms with Crippen molar-refractivity contribution in [3.05, 3.63) is 24.0 Å². The van der Waals surface area contributed by atoms with Crippen LogP contribution in [0.2, 0.25) is 0 Å². The van der Waals surface area contributed by atoms with Gasteiger partial charge >= 0.3 is 0 Å². The number of nitrogens with zero attached hydrogens (tertiary/aromatic N) is 2. The molecule has 1 rings (SSSR count). The zero-order valence-electron chi connectivity index (χ0n) is 7.52. The molecular formula is C8H11N3OS. The third-order valence-electron chi connectivity index (χ3n) is 1.45. The zero-order chi connectivity index (χ0) is 9.84. The lowest BCUT2D eigenvalue weighted by Gasteiger charge is -2.02. The van der Waals surface area contributed by atoms with Gasteiger partial charge in [-0.25, -0.2) is 4.99 Å². The van der Waals surface area contributed by atoms with E-state index in [2.05, 4.69) is 4.99 Å². The summed E-state index contributed by atoms with van der Waals surface area (Å²) in [6.45, 7) is 1.42. The summed E-state index contributed by atoms with van der Waals surface area (Å²) in [7, 11) is 0. The van der Waals surface area contributed by atoms with Crippen LogP contribution in [0.4, 0.5) is 0 Å². The number of thioether (sulfide) groups is 1. The molecule has 1 amide bonds. The van der Waals surface area contributed by atoms with Crippen molar-refractivity contribution in [3.63, 3.8) is 0 Å². The van der Waals surface area contributed by atoms with Gasteiger partial charge in [0.25, 0.3) is 0 Å². The maximum atomic E-state index is 10.8. The van der Waals surface area contributed by atoms with Crippen molar-refractivity contribution in [1.82, 2.24) is 4.68 Å². The summed E-state index contributed by atoms with van der Waals surface area (Å²) >= 11 is 1.40. The SMILES string of the molecule is CSC(=NC(C)=O)c1cccn1N. The van der Waals surface area contributed by atoms with E-state index in [4.69, 9.17) is 5.84 Å². The van der Waals surface area contributed by atoms with Crippen LogP contribution in [0.1, 0.15) is 12.6 Å². The van der Waals surface area contributed by atoms with Gasteiger partial charge < -0.3 is 5.84 Å². The molecule has 5 heteroatoms. The van der Waals surface area contributed by atoms with Crippen LogP contribution in [-0.2, 0) is 4.79 Å². The van der Waals surface area contributed by atoms with Gasteiger partial charge in [-0.05, 0) is 18.4 Å². The lowest BCUT2D eigenvalue weighted by atomic mass is 10.4. The number of carbonyl (C=O) groups is 1. The van der Waals surface area contributed by atoms with E-state index in [0.29, 0.717) is 5.04 Å². The number of amides is 1. The Balaban J connectivity index is 3.04. The maximum absolute atomic E-state index is 10.8. The van der Waals surface area contributed by atoms with Gasteiger partial charge in [-0.15, -0.1) is 11.8 Å². The van der Waals surface area contributed by atoms with Crippen LogP contribution >= 0.6 is 11.8 Å². The predicted molar refractivity (Wildman–Crippen MR) is 55.3 cm³/mol. The molecule has 0 aliphatic heterocycles. The van der Waals surface area contributed by atoms with E-state index < -0.39 is 0 Å². The number of rotatable bonds is 1. The molecule has 0 aliphatic carbocycles. The molecule has 0 atom stereocenters. The summed E-state index contributed by atoms with van der Waals surface area (Å²) in [6, 6.07) is 3.62. The molecule has 0 aromatic carbocycles. The number of hydrogen-bond donors (Lipinski definition) is 1. The fraction of sp³-hybridized carbons (Fsp3) is 0.250. The predicted octanol–water partition coefficient (Wildman–Crippen LogP) is 0.858. The van der Waals surface area contributed by atoms with Crippen molar-refractivity contribution in [2.75, 3.05) is 12.1 Å². The van der Waals surface area contributed by atoms with Crippen LogP contribution in [0, 0.1) is 0 Å². The number of nitrogen functional groups attached to an aromatic ring is 1. The molecule has 0 fully saturated rings. The fourth-order valence-corrected chi connectivity index (χ4v) is 1.53. The van der Waals surface area contributed by atoms with Crippen LogP contribution in [0.15, 0.2) is 23.3 Å². The molecule has 0 saturated carbocycles. The van der Waals surface area contributed by atoms with Gasteiger partial charge in [-0.2, -0.15) is 0 Å². The Bertz CT molecular complexity index is 343. The summed E-state index contributed by atoms with van der Waals surface area (Å²) in [6.07, 6.45) is 3.57. The molecule has 0 bridgehead atoms. The molecule has 13 heavy (non-hydrogen) atoms. The highest BCUT2D eigenvalue weighted by Crippen LogP contribution is 2.10. The van der Waals surface area contributed by atoms with Crippen LogP contribution in [-0.4, -0.2) is 21.9 Å². The van der Waals surface area contributed by atoms with E-state index in [9.17, 15) is 4.79 Å². The third kappa shape index (κ3) is 2.35. The lowest BCUT2D eigenvalue weighted by molar-refractivity contribution is -0.115. The van der Waals surface area contributed by atoms with Crippen LogP contribution < -0.4 is 5.84 Å². The summed E-state index contributed by atoms with van der Waals surface area (Å²) in [4.78, 5) is 14.6. The van der Waals surface area contributed by atoms with E-state index in [1.165, 1.54) is 23.4 Å². The highest BCUT2D eigenvalue weighted by Gasteiger charge is 2.06. The monoisotopic (exact) mass is 197 g/mol. The summed E-state index contributed by atoms with van der Waals surface area (Å²) < 4.78 is 1.44. The molecule has 2 N–H and O–H groups in total. The van der Waals surface area contributed by atoms with Gasteiger partial charge in [0, 0.05) is 13.1 Å². The molecule has 1 aromatic heterocycles. The van der Waals surface area contributed by atoms with Gasteiger partial charge in [0.15, 0.2) is 0 Å². The van der Waals surface area contributed by atoms with E-state index in [-0.39, 0.29) is 5.91 Å². The standard InChI is InChI=1S/C8H11N3OS/c1-6(12)10-8(13-2)7-4-3-5-11(7)9/h3-5H,9H2,1-2H3. The quantitative estimate of drug-likeness (QED) is 0.412. The average molecular weight is 197 g/mol. The average Bonchev–Trinajstić information content (AvgIpc) is 2.47. The first-order valence-electron chi connectivity index (χ1n) is 3.71. The first-order valence-corrected chi connectivity index (χ1v) is 4.93. The Labute approximate surface area is 80.8 Å². The molecule has 0 aliphatic rings. The van der Waals surface area contributed by atoms with Crippen molar-refractivity contribution in [2.45, 2.75) is 6.92 Å². The molecule has 0 saturated heterocycles. The second kappa shape index (κ2) is 4.13. The maximum Gasteiger partial charge on any atom is 0.243 e. The van der Waals surface area contributed by atoms with Crippen molar-refractivity contribution < 1.29 is 4.79 Å². The van der Waals surface area contributed by atoms with Crippen LogP contribution in [0.25, 0.3) is 0 Å². The van der Waals surface area contributed by atoms with Crippen LogP contribution in [0.5, 0.6) is 0 Å². The van der Waals surface area contributed by atoms with Crippen molar-refractivity contribution >= 4 is 22.7 Å². The van der Waals surface area contributed by atoms with Crippen LogP contribution in [0.3, 0.4) is 0 Å². The number of aliphatic imine (C=N–C) groups is 1. The summed E-state index contributed by atoms with van der Waals surface area (Å²) in [5.74, 6) is 5.39. The second-order valence-corrected chi connectivity index (χ2v) is 3.24. The van der Waals surface area contributed by atoms with Crippen molar-refractivity contribution in [3.8, 4) is 0 Å². The third-order valence-corrected chi connectivity index (χ3v) is 2.14. The molecule has 4 nitrogen and oxygen atoms in total. The minimum Gasteiger partial charge on any atom is -0.339 e. The largest absolute Gasteiger partial charge is 0.339 e. The van der Waals surface area contributed by atoms with Gasteiger partial charge in [0.2, 0.25) is 5.91 Å². The Morgan fingerprint density at radius 2 is 2.38 bits per heavy atom. The first-order chi connectivity index (χ1) is 6.15. The molecule has 0 unspecified atom stereocenters. The summed E-state index contributed by atoms with van der Waals surface area (Å²) in [5.41, 5.74) is 0.753. The van der Waals surface area contributed by atoms with E-state index in [0.717, 1.165) is 5.69 Å². The molecule has 70 valence electrons. The molecule has 0 spiro atoms.